The molecule has 3 rings (SSSR count). The van der Waals surface area contributed by atoms with Gasteiger partial charge in [-0.15, -0.1) is 0 Å². The molecule has 30 heavy (non-hydrogen) atoms. The van der Waals surface area contributed by atoms with Crippen molar-refractivity contribution in [2.24, 2.45) is 0 Å². The molecule has 3 amide bonds. The summed E-state index contributed by atoms with van der Waals surface area (Å²) in [7, 11) is 1.55. The van der Waals surface area contributed by atoms with Gasteiger partial charge in [-0.25, -0.2) is 4.79 Å². The summed E-state index contributed by atoms with van der Waals surface area (Å²) in [6, 6.07) is 13.9. The minimum atomic E-state index is -1.13. The first-order valence-electron chi connectivity index (χ1n) is 9.32. The number of ether oxygens (including phenoxy) is 2. The number of methoxy groups -OCH3 is 1. The number of rotatable bonds is 7. The number of hydrogen-bond acceptors (Lipinski definition) is 6. The van der Waals surface area contributed by atoms with Gasteiger partial charge in [-0.3, -0.25) is 14.9 Å². The van der Waals surface area contributed by atoms with Crippen LogP contribution in [0.5, 0.6) is 5.75 Å². The highest BCUT2D eigenvalue weighted by Crippen LogP contribution is 2.26. The van der Waals surface area contributed by atoms with Crippen LogP contribution in [-0.2, 0) is 27.3 Å². The third kappa shape index (κ3) is 5.38. The van der Waals surface area contributed by atoms with Gasteiger partial charge in [0.25, 0.3) is 5.91 Å². The van der Waals surface area contributed by atoms with E-state index in [1.54, 1.807) is 25.3 Å². The first-order chi connectivity index (χ1) is 14.5. The van der Waals surface area contributed by atoms with Crippen molar-refractivity contribution in [3.8, 4) is 5.75 Å². The average Bonchev–Trinajstić information content (AvgIpc) is 3.14. The van der Waals surface area contributed by atoms with E-state index in [1.165, 1.54) is 13.2 Å². The zero-order valence-electron chi connectivity index (χ0n) is 16.6. The molecule has 0 fully saturated rings. The Morgan fingerprint density at radius 1 is 1.10 bits per heavy atom. The van der Waals surface area contributed by atoms with Crippen LogP contribution in [0.2, 0.25) is 0 Å². The molecule has 1 heterocycles. The van der Waals surface area contributed by atoms with Crippen LogP contribution in [0.25, 0.3) is 11.0 Å². The number of carbonyl (C=O) groups excluding carboxylic acids is 3. The average molecular weight is 410 g/mol. The maximum absolute atomic E-state index is 12.2. The highest BCUT2D eigenvalue weighted by molar-refractivity contribution is 5.97. The van der Waals surface area contributed by atoms with Crippen LogP contribution in [0.1, 0.15) is 18.1 Å². The van der Waals surface area contributed by atoms with E-state index in [9.17, 15) is 14.4 Å². The van der Waals surface area contributed by atoms with E-state index in [4.69, 9.17) is 13.9 Å². The van der Waals surface area contributed by atoms with E-state index < -0.39 is 24.0 Å². The Morgan fingerprint density at radius 3 is 2.60 bits per heavy atom. The van der Waals surface area contributed by atoms with Crippen LogP contribution in [0.15, 0.2) is 59.2 Å². The van der Waals surface area contributed by atoms with Crippen molar-refractivity contribution < 1.29 is 28.3 Å². The first kappa shape index (κ1) is 20.9. The van der Waals surface area contributed by atoms with Crippen molar-refractivity contribution in [3.63, 3.8) is 0 Å². The molecule has 3 aromatic rings. The smallest absolute Gasteiger partial charge is 0.321 e. The Kier molecular flexibility index (Phi) is 6.69. The molecule has 156 valence electrons. The van der Waals surface area contributed by atoms with Gasteiger partial charge in [0.15, 0.2) is 6.10 Å². The minimum absolute atomic E-state index is 0.0723. The molecule has 2 N–H and O–H groups in total. The lowest BCUT2D eigenvalue weighted by Crippen LogP contribution is -2.44. The summed E-state index contributed by atoms with van der Waals surface area (Å²) in [5.74, 6) is -0.682. The lowest BCUT2D eigenvalue weighted by Gasteiger charge is -2.13. The second-order valence-corrected chi connectivity index (χ2v) is 6.59. The summed E-state index contributed by atoms with van der Waals surface area (Å²) >= 11 is 0. The second-order valence-electron chi connectivity index (χ2n) is 6.59. The van der Waals surface area contributed by atoms with Crippen LogP contribution in [0.4, 0.5) is 4.79 Å². The van der Waals surface area contributed by atoms with Crippen molar-refractivity contribution in [1.29, 1.82) is 0 Å². The Hall–Kier alpha value is -3.81. The van der Waals surface area contributed by atoms with Gasteiger partial charge in [0.05, 0.1) is 19.8 Å². The molecular formula is C22H22N2O6. The predicted octanol–water partition coefficient (Wildman–Crippen LogP) is 2.94. The summed E-state index contributed by atoms with van der Waals surface area (Å²) < 4.78 is 15.7. The number of urea groups is 1. The third-order valence-corrected chi connectivity index (χ3v) is 4.41. The molecule has 0 radical (unpaired) electrons. The van der Waals surface area contributed by atoms with E-state index in [0.29, 0.717) is 16.9 Å². The highest BCUT2D eigenvalue weighted by atomic mass is 16.5. The van der Waals surface area contributed by atoms with Crippen molar-refractivity contribution >= 4 is 28.9 Å². The minimum Gasteiger partial charge on any atom is -0.497 e. The van der Waals surface area contributed by atoms with Crippen molar-refractivity contribution in [2.75, 3.05) is 7.11 Å². The summed E-state index contributed by atoms with van der Waals surface area (Å²) in [6.45, 7) is 1.67. The normalized spacial score (nSPS) is 11.5. The maximum Gasteiger partial charge on any atom is 0.321 e. The zero-order chi connectivity index (χ0) is 21.5. The molecule has 8 heteroatoms. The van der Waals surface area contributed by atoms with Gasteiger partial charge in [0.1, 0.15) is 11.3 Å². The summed E-state index contributed by atoms with van der Waals surface area (Å²) in [4.78, 5) is 36.2. The molecule has 1 unspecified atom stereocenters. The Bertz CT molecular complexity index is 1040. The van der Waals surface area contributed by atoms with Crippen LogP contribution >= 0.6 is 0 Å². The highest BCUT2D eigenvalue weighted by Gasteiger charge is 2.21. The van der Waals surface area contributed by atoms with Crippen LogP contribution in [0.3, 0.4) is 0 Å². The number of nitrogens with one attached hydrogen (secondary N) is 2. The molecule has 0 spiro atoms. The number of benzene rings is 2. The number of fused-ring (bicyclic) bond motifs is 1. The van der Waals surface area contributed by atoms with Gasteiger partial charge in [0.2, 0.25) is 0 Å². The van der Waals surface area contributed by atoms with Gasteiger partial charge in [-0.2, -0.15) is 0 Å². The number of furan rings is 1. The molecule has 8 nitrogen and oxygen atoms in total. The summed E-state index contributed by atoms with van der Waals surface area (Å²) in [5.41, 5.74) is 2.11. The zero-order valence-corrected chi connectivity index (χ0v) is 16.6. The molecule has 0 saturated carbocycles. The van der Waals surface area contributed by atoms with Gasteiger partial charge in [0, 0.05) is 23.6 Å². The molecule has 0 saturated heterocycles. The van der Waals surface area contributed by atoms with Crippen molar-refractivity contribution in [2.45, 2.75) is 26.0 Å². The first-order valence-corrected chi connectivity index (χ1v) is 9.32. The second kappa shape index (κ2) is 9.60. The van der Waals surface area contributed by atoms with Gasteiger partial charge in [-0.1, -0.05) is 30.3 Å². The monoisotopic (exact) mass is 410 g/mol. The summed E-state index contributed by atoms with van der Waals surface area (Å²) in [6.07, 6.45) is 0.267. The quantitative estimate of drug-likeness (QED) is 0.580. The van der Waals surface area contributed by atoms with Crippen LogP contribution in [-0.4, -0.2) is 31.1 Å². The van der Waals surface area contributed by atoms with Gasteiger partial charge >= 0.3 is 12.0 Å². The van der Waals surface area contributed by atoms with E-state index >= 15 is 0 Å². The molecule has 0 bridgehead atoms. The largest absolute Gasteiger partial charge is 0.497 e. The fraction of sp³-hybridized carbons (Fsp3) is 0.227. The lowest BCUT2D eigenvalue weighted by molar-refractivity contribution is -0.153. The molecular weight excluding hydrogens is 388 g/mol. The van der Waals surface area contributed by atoms with Gasteiger partial charge < -0.3 is 19.2 Å². The molecule has 2 aromatic carbocycles. The number of esters is 1. The Labute approximate surface area is 173 Å². The molecule has 1 aromatic heterocycles. The SMILES string of the molecule is COc1ccc2c(CC(=O)OC(C)C(=O)NC(=O)NCc3ccccc3)coc2c1. The molecule has 0 aliphatic carbocycles. The molecule has 0 aliphatic heterocycles. The van der Waals surface area contributed by atoms with Crippen LogP contribution < -0.4 is 15.4 Å². The topological polar surface area (TPSA) is 107 Å². The standard InChI is InChI=1S/C22H22N2O6/c1-14(21(26)24-22(27)23-12-15-6-4-3-5-7-15)30-20(25)10-16-13-29-19-11-17(28-2)8-9-18(16)19/h3-9,11,13-14H,10,12H2,1-2H3,(H2,23,24,26,27). The molecule has 1 atom stereocenters. The number of carbonyl (C=O) groups is 3. The number of hydrogen-bond donors (Lipinski definition) is 2. The fourth-order valence-corrected chi connectivity index (χ4v) is 2.81. The summed E-state index contributed by atoms with van der Waals surface area (Å²) in [5, 5.41) is 5.48. The van der Waals surface area contributed by atoms with Crippen LogP contribution in [0, 0.1) is 0 Å². The number of imide groups is 1. The number of amides is 3. The predicted molar refractivity (Wildman–Crippen MR) is 109 cm³/mol. The lowest BCUT2D eigenvalue weighted by atomic mass is 10.1. The van der Waals surface area contributed by atoms with E-state index in [0.717, 1.165) is 10.9 Å². The van der Waals surface area contributed by atoms with Crippen molar-refractivity contribution in [1.82, 2.24) is 10.6 Å². The molecule has 0 aliphatic rings. The van der Waals surface area contributed by atoms with E-state index in [2.05, 4.69) is 10.6 Å². The van der Waals surface area contributed by atoms with Gasteiger partial charge in [-0.05, 0) is 24.6 Å². The maximum atomic E-state index is 12.2. The van der Waals surface area contributed by atoms with E-state index in [1.807, 2.05) is 30.3 Å². The van der Waals surface area contributed by atoms with E-state index in [-0.39, 0.29) is 13.0 Å². The third-order valence-electron chi connectivity index (χ3n) is 4.41. The Balaban J connectivity index is 1.48. The van der Waals surface area contributed by atoms with Crippen molar-refractivity contribution in [3.05, 3.63) is 65.9 Å². The fourth-order valence-electron chi connectivity index (χ4n) is 2.81. The Morgan fingerprint density at radius 2 is 1.87 bits per heavy atom.